The van der Waals surface area contributed by atoms with Crippen LogP contribution in [0.1, 0.15) is 32.6 Å². The second kappa shape index (κ2) is 6.97. The van der Waals surface area contributed by atoms with Crippen LogP contribution in [-0.4, -0.2) is 11.8 Å². The van der Waals surface area contributed by atoms with Crippen LogP contribution in [0.15, 0.2) is 33.6 Å². The van der Waals surface area contributed by atoms with Gasteiger partial charge < -0.3 is 5.73 Å². The number of rotatable bonds is 4. The van der Waals surface area contributed by atoms with Crippen molar-refractivity contribution < 1.29 is 0 Å². The average Bonchev–Trinajstić information content (AvgIpc) is 2.37. The predicted octanol–water partition coefficient (Wildman–Crippen LogP) is 4.69. The van der Waals surface area contributed by atoms with Crippen molar-refractivity contribution in [3.05, 3.63) is 28.7 Å². The van der Waals surface area contributed by atoms with Gasteiger partial charge in [-0.25, -0.2) is 0 Å². The highest BCUT2D eigenvalue weighted by molar-refractivity contribution is 9.10. The van der Waals surface area contributed by atoms with E-state index in [1.807, 2.05) is 11.8 Å². The minimum absolute atomic E-state index is 0.349. The van der Waals surface area contributed by atoms with Crippen molar-refractivity contribution in [2.45, 2.75) is 43.5 Å². The van der Waals surface area contributed by atoms with Crippen LogP contribution < -0.4 is 5.73 Å². The van der Waals surface area contributed by atoms with Gasteiger partial charge in [0.05, 0.1) is 0 Å². The molecule has 1 aromatic rings. The van der Waals surface area contributed by atoms with Gasteiger partial charge in [0.1, 0.15) is 0 Å². The van der Waals surface area contributed by atoms with E-state index in [2.05, 4.69) is 47.1 Å². The van der Waals surface area contributed by atoms with Gasteiger partial charge in [0, 0.05) is 21.2 Å². The molecular weight excluding hydrogens is 306 g/mol. The average molecular weight is 328 g/mol. The molecule has 3 heteroatoms. The number of halogens is 1. The Labute approximate surface area is 123 Å². The summed E-state index contributed by atoms with van der Waals surface area (Å²) in [7, 11) is 0. The molecule has 0 bridgehead atoms. The van der Waals surface area contributed by atoms with Gasteiger partial charge in [0.2, 0.25) is 0 Å². The third-order valence-electron chi connectivity index (χ3n) is 3.90. The van der Waals surface area contributed by atoms with Crippen LogP contribution in [0.2, 0.25) is 0 Å². The van der Waals surface area contributed by atoms with Crippen molar-refractivity contribution >= 4 is 27.7 Å². The van der Waals surface area contributed by atoms with E-state index in [0.717, 1.165) is 22.1 Å². The van der Waals surface area contributed by atoms with E-state index in [1.54, 1.807) is 0 Å². The van der Waals surface area contributed by atoms with Gasteiger partial charge in [-0.05, 0) is 42.9 Å². The third-order valence-corrected chi connectivity index (χ3v) is 5.54. The van der Waals surface area contributed by atoms with Crippen molar-refractivity contribution in [2.75, 3.05) is 5.75 Å². The molecule has 1 saturated carbocycles. The summed E-state index contributed by atoms with van der Waals surface area (Å²) in [4.78, 5) is 1.31. The molecule has 0 radical (unpaired) electrons. The molecule has 100 valence electrons. The summed E-state index contributed by atoms with van der Waals surface area (Å²) in [6, 6.07) is 8.82. The monoisotopic (exact) mass is 327 g/mol. The first-order chi connectivity index (χ1) is 8.65. The van der Waals surface area contributed by atoms with E-state index < -0.39 is 0 Å². The number of nitrogens with two attached hydrogens (primary N) is 1. The van der Waals surface area contributed by atoms with Crippen LogP contribution in [0.4, 0.5) is 0 Å². The maximum atomic E-state index is 6.35. The molecule has 1 atom stereocenters. The zero-order valence-electron chi connectivity index (χ0n) is 10.9. The summed E-state index contributed by atoms with van der Waals surface area (Å²) in [5.74, 6) is 2.68. The molecule has 0 heterocycles. The lowest BCUT2D eigenvalue weighted by Gasteiger charge is -2.30. The minimum atomic E-state index is 0.349. The van der Waals surface area contributed by atoms with Crippen LogP contribution >= 0.6 is 27.7 Å². The van der Waals surface area contributed by atoms with E-state index in [4.69, 9.17) is 5.73 Å². The fraction of sp³-hybridized carbons (Fsp3) is 0.600. The topological polar surface area (TPSA) is 26.0 Å². The molecule has 1 unspecified atom stereocenters. The number of hydrogen-bond donors (Lipinski definition) is 1. The first-order valence-electron chi connectivity index (χ1n) is 6.79. The summed E-state index contributed by atoms with van der Waals surface area (Å²) >= 11 is 5.39. The Kier molecular flexibility index (Phi) is 5.58. The Balaban J connectivity index is 1.79. The number of hydrogen-bond acceptors (Lipinski definition) is 2. The van der Waals surface area contributed by atoms with Gasteiger partial charge in [0.15, 0.2) is 0 Å². The summed E-state index contributed by atoms with van der Waals surface area (Å²) < 4.78 is 1.15. The van der Waals surface area contributed by atoms with E-state index in [9.17, 15) is 0 Å². The predicted molar refractivity (Wildman–Crippen MR) is 84.0 cm³/mol. The van der Waals surface area contributed by atoms with Crippen molar-refractivity contribution in [2.24, 2.45) is 17.6 Å². The fourth-order valence-electron chi connectivity index (χ4n) is 2.60. The molecule has 1 fully saturated rings. The van der Waals surface area contributed by atoms with Crippen LogP contribution in [0.5, 0.6) is 0 Å². The first kappa shape index (κ1) is 14.4. The van der Waals surface area contributed by atoms with Crippen LogP contribution in [0.25, 0.3) is 0 Å². The lowest BCUT2D eigenvalue weighted by molar-refractivity contribution is 0.264. The third kappa shape index (κ3) is 4.29. The van der Waals surface area contributed by atoms with Gasteiger partial charge in [-0.1, -0.05) is 41.8 Å². The second-order valence-electron chi connectivity index (χ2n) is 5.45. The molecule has 18 heavy (non-hydrogen) atoms. The van der Waals surface area contributed by atoms with Crippen LogP contribution in [0.3, 0.4) is 0 Å². The summed E-state index contributed by atoms with van der Waals surface area (Å²) in [5.41, 5.74) is 6.35. The van der Waals surface area contributed by atoms with Gasteiger partial charge in [0.25, 0.3) is 0 Å². The zero-order chi connectivity index (χ0) is 13.0. The Morgan fingerprint density at radius 3 is 2.72 bits per heavy atom. The maximum absolute atomic E-state index is 6.35. The van der Waals surface area contributed by atoms with Crippen molar-refractivity contribution in [3.8, 4) is 0 Å². The van der Waals surface area contributed by atoms with Gasteiger partial charge in [-0.3, -0.25) is 0 Å². The normalized spacial score (nSPS) is 25.9. The standard InChI is InChI=1S/C15H22BrNS/c1-11-5-7-12(8-6-11)15(17)10-18-14-4-2-3-13(16)9-14/h2-4,9,11-12,15H,5-8,10,17H2,1H3. The molecule has 0 aliphatic heterocycles. The largest absolute Gasteiger partial charge is 0.327 e. The summed E-state index contributed by atoms with van der Waals surface area (Å²) in [5, 5.41) is 0. The first-order valence-corrected chi connectivity index (χ1v) is 8.57. The van der Waals surface area contributed by atoms with E-state index in [1.165, 1.54) is 30.6 Å². The highest BCUT2D eigenvalue weighted by Gasteiger charge is 2.23. The molecule has 1 aromatic carbocycles. The number of benzene rings is 1. The van der Waals surface area contributed by atoms with Crippen LogP contribution in [0, 0.1) is 11.8 Å². The second-order valence-corrected chi connectivity index (χ2v) is 7.46. The molecule has 2 N–H and O–H groups in total. The Bertz CT molecular complexity index is 375. The summed E-state index contributed by atoms with van der Waals surface area (Å²) in [6.07, 6.45) is 5.36. The van der Waals surface area contributed by atoms with Crippen molar-refractivity contribution in [3.63, 3.8) is 0 Å². The molecule has 1 aliphatic carbocycles. The molecule has 1 nitrogen and oxygen atoms in total. The molecule has 0 amide bonds. The number of thioether (sulfide) groups is 1. The lowest BCUT2D eigenvalue weighted by Crippen LogP contribution is -2.34. The van der Waals surface area contributed by atoms with E-state index in [-0.39, 0.29) is 0 Å². The van der Waals surface area contributed by atoms with E-state index in [0.29, 0.717) is 6.04 Å². The molecule has 0 saturated heterocycles. The van der Waals surface area contributed by atoms with Gasteiger partial charge in [-0.15, -0.1) is 11.8 Å². The highest BCUT2D eigenvalue weighted by atomic mass is 79.9. The molecule has 2 rings (SSSR count). The van der Waals surface area contributed by atoms with Gasteiger partial charge >= 0.3 is 0 Å². The Hall–Kier alpha value is 0.01000. The van der Waals surface area contributed by atoms with Gasteiger partial charge in [-0.2, -0.15) is 0 Å². The SMILES string of the molecule is CC1CCC(C(N)CSc2cccc(Br)c2)CC1. The molecule has 0 aromatic heterocycles. The molecule has 1 aliphatic rings. The fourth-order valence-corrected chi connectivity index (χ4v) is 4.19. The molecular formula is C15H22BrNS. The zero-order valence-corrected chi connectivity index (χ0v) is 13.3. The minimum Gasteiger partial charge on any atom is -0.327 e. The van der Waals surface area contributed by atoms with Crippen molar-refractivity contribution in [1.82, 2.24) is 0 Å². The Morgan fingerprint density at radius 1 is 1.33 bits per heavy atom. The Morgan fingerprint density at radius 2 is 2.06 bits per heavy atom. The molecule has 0 spiro atoms. The van der Waals surface area contributed by atoms with Crippen molar-refractivity contribution in [1.29, 1.82) is 0 Å². The smallest absolute Gasteiger partial charge is 0.0186 e. The maximum Gasteiger partial charge on any atom is 0.0186 e. The lowest BCUT2D eigenvalue weighted by atomic mass is 9.80. The van der Waals surface area contributed by atoms with E-state index >= 15 is 0 Å². The quantitative estimate of drug-likeness (QED) is 0.811. The summed E-state index contributed by atoms with van der Waals surface area (Å²) in [6.45, 7) is 2.36. The highest BCUT2D eigenvalue weighted by Crippen LogP contribution is 2.32. The van der Waals surface area contributed by atoms with Crippen LogP contribution in [-0.2, 0) is 0 Å².